The first-order valence-electron chi connectivity index (χ1n) is 13.9. The molecule has 0 amide bonds. The van der Waals surface area contributed by atoms with Gasteiger partial charge in [-0.1, -0.05) is 61.4 Å². The van der Waals surface area contributed by atoms with Gasteiger partial charge in [-0.3, -0.25) is 0 Å². The van der Waals surface area contributed by atoms with Crippen molar-refractivity contribution in [2.45, 2.75) is 95.7 Å². The highest BCUT2D eigenvalue weighted by Gasteiger charge is 2.47. The van der Waals surface area contributed by atoms with Gasteiger partial charge in [0.05, 0.1) is 25.2 Å². The number of aliphatic hydroxyl groups is 1. The van der Waals surface area contributed by atoms with Crippen LogP contribution in [0.5, 0.6) is 11.5 Å². The van der Waals surface area contributed by atoms with E-state index in [1.807, 2.05) is 75.4 Å². The number of para-hydroxylation sites is 2. The molecule has 0 bridgehead atoms. The highest BCUT2D eigenvalue weighted by molar-refractivity contribution is 5.42. The molecule has 216 valence electrons. The number of rotatable bonds is 11. The maximum Gasteiger partial charge on any atom is 0.251 e. The van der Waals surface area contributed by atoms with E-state index in [0.29, 0.717) is 25.9 Å². The fourth-order valence-corrected chi connectivity index (χ4v) is 5.15. The molecule has 1 fully saturated rings. The van der Waals surface area contributed by atoms with Crippen LogP contribution in [0.15, 0.2) is 67.3 Å². The zero-order valence-electron chi connectivity index (χ0n) is 24.2. The second-order valence-electron chi connectivity index (χ2n) is 11.1. The third-order valence-electron chi connectivity index (χ3n) is 7.32. The Kier molecular flexibility index (Phi) is 9.94. The highest BCUT2D eigenvalue weighted by atomic mass is 16.7. The van der Waals surface area contributed by atoms with Gasteiger partial charge in [0.1, 0.15) is 18.3 Å². The Labute approximate surface area is 238 Å². The molecule has 2 heterocycles. The number of fused-ring (bicyclic) bond motifs is 1. The van der Waals surface area contributed by atoms with Crippen LogP contribution in [0.3, 0.4) is 0 Å². The van der Waals surface area contributed by atoms with Gasteiger partial charge in [-0.15, -0.1) is 12.5 Å². The third-order valence-corrected chi connectivity index (χ3v) is 7.32. The summed E-state index contributed by atoms with van der Waals surface area (Å²) >= 11 is 0. The minimum atomic E-state index is -0.870. The minimum Gasteiger partial charge on any atom is -0.449 e. The zero-order chi connectivity index (χ0) is 28.8. The maximum absolute atomic E-state index is 10.9. The number of methoxy groups -OCH3 is 1. The molecule has 4 rings (SSSR count). The van der Waals surface area contributed by atoms with Gasteiger partial charge in [-0.05, 0) is 38.0 Å². The summed E-state index contributed by atoms with van der Waals surface area (Å²) in [4.78, 5) is 0. The molecule has 6 atom stereocenters. The number of benzene rings is 2. The average Bonchev–Trinajstić information content (AvgIpc) is 3.27. The Morgan fingerprint density at radius 1 is 1.02 bits per heavy atom. The van der Waals surface area contributed by atoms with Crippen molar-refractivity contribution in [3.8, 4) is 23.3 Å². The van der Waals surface area contributed by atoms with E-state index in [0.717, 1.165) is 17.1 Å². The molecular formula is C33H42O7. The summed E-state index contributed by atoms with van der Waals surface area (Å²) in [5, 5.41) is 10.9. The lowest BCUT2D eigenvalue weighted by Gasteiger charge is -2.44. The fraction of sp³-hybridized carbons (Fsp3) is 0.515. The lowest BCUT2D eigenvalue weighted by Crippen LogP contribution is -2.53. The highest BCUT2D eigenvalue weighted by Crippen LogP contribution is 2.43. The monoisotopic (exact) mass is 550 g/mol. The predicted molar refractivity (Wildman–Crippen MR) is 153 cm³/mol. The number of hydrogen-bond donors (Lipinski definition) is 1. The Bertz CT molecular complexity index is 1140. The molecule has 2 aliphatic rings. The average molecular weight is 551 g/mol. The van der Waals surface area contributed by atoms with Crippen LogP contribution in [0.1, 0.15) is 52.5 Å². The molecule has 40 heavy (non-hydrogen) atoms. The van der Waals surface area contributed by atoms with E-state index >= 15 is 0 Å². The van der Waals surface area contributed by atoms with E-state index in [9.17, 15) is 5.11 Å². The standard InChI is InChI=1S/C33H42O7/c1-7-25(36-22-24-15-9-8-10-16-24)31(34)29(35-6)20-14-11-17-26-23(2)30(38-32(3,4)37-26)21-33(5)39-27-18-12-13-19-28(27)40-33/h7-10,12-13,15-16,18-19,23,25-26,29-31,34H,1,14,20-22H2,2-6H3/t23-,25-,26?,29-,30+,31+/m0/s1. The van der Waals surface area contributed by atoms with Gasteiger partial charge in [-0.2, -0.15) is 0 Å². The summed E-state index contributed by atoms with van der Waals surface area (Å²) in [6.07, 6.45) is 0.787. The third kappa shape index (κ3) is 7.66. The van der Waals surface area contributed by atoms with Gasteiger partial charge < -0.3 is 33.5 Å². The van der Waals surface area contributed by atoms with Crippen LogP contribution in [0.2, 0.25) is 0 Å². The van der Waals surface area contributed by atoms with Crippen molar-refractivity contribution in [2.24, 2.45) is 5.92 Å². The van der Waals surface area contributed by atoms with Gasteiger partial charge in [0.25, 0.3) is 5.79 Å². The molecule has 1 unspecified atom stereocenters. The van der Waals surface area contributed by atoms with Crippen molar-refractivity contribution in [1.82, 2.24) is 0 Å². The lowest BCUT2D eigenvalue weighted by atomic mass is 9.90. The topological polar surface area (TPSA) is 75.6 Å². The molecular weight excluding hydrogens is 508 g/mol. The van der Waals surface area contributed by atoms with Gasteiger partial charge in [-0.25, -0.2) is 0 Å². The largest absolute Gasteiger partial charge is 0.449 e. The Hall–Kier alpha value is -2.86. The van der Waals surface area contributed by atoms with E-state index in [1.54, 1.807) is 13.2 Å². The normalized spacial score (nSPS) is 24.8. The van der Waals surface area contributed by atoms with Crippen LogP contribution in [0.4, 0.5) is 0 Å². The van der Waals surface area contributed by atoms with Crippen LogP contribution in [0.25, 0.3) is 0 Å². The van der Waals surface area contributed by atoms with Crippen molar-refractivity contribution in [1.29, 1.82) is 0 Å². The molecule has 0 aromatic heterocycles. The smallest absolute Gasteiger partial charge is 0.251 e. The first kappa shape index (κ1) is 30.1. The van der Waals surface area contributed by atoms with Crippen LogP contribution < -0.4 is 9.47 Å². The molecule has 2 aromatic rings. The maximum atomic E-state index is 10.9. The Balaban J connectivity index is 1.33. The first-order valence-corrected chi connectivity index (χ1v) is 13.9. The summed E-state index contributed by atoms with van der Waals surface area (Å²) < 4.78 is 36.3. The van der Waals surface area contributed by atoms with Crippen molar-refractivity contribution in [3.63, 3.8) is 0 Å². The molecule has 1 saturated heterocycles. The van der Waals surface area contributed by atoms with Crippen LogP contribution in [-0.4, -0.2) is 54.3 Å². The van der Waals surface area contributed by atoms with Crippen molar-refractivity contribution < 1.29 is 33.5 Å². The van der Waals surface area contributed by atoms with Gasteiger partial charge in [0.2, 0.25) is 0 Å². The Morgan fingerprint density at radius 3 is 2.30 bits per heavy atom. The molecule has 7 nitrogen and oxygen atoms in total. The fourth-order valence-electron chi connectivity index (χ4n) is 5.15. The van der Waals surface area contributed by atoms with E-state index < -0.39 is 29.9 Å². The molecule has 0 aliphatic carbocycles. The van der Waals surface area contributed by atoms with Crippen molar-refractivity contribution in [2.75, 3.05) is 7.11 Å². The Morgan fingerprint density at radius 2 is 1.68 bits per heavy atom. The summed E-state index contributed by atoms with van der Waals surface area (Å²) in [6.45, 7) is 12.0. The zero-order valence-corrected chi connectivity index (χ0v) is 24.2. The SMILES string of the molecule is C=C[C@H](OCc1ccccc1)[C@@H](O)[C@H](CCC#CC1OC(C)(C)O[C@H](CC2(C)Oc3ccccc3O2)[C@H]1C)OC. The van der Waals surface area contributed by atoms with Crippen molar-refractivity contribution >= 4 is 0 Å². The molecule has 1 N–H and O–H groups in total. The van der Waals surface area contributed by atoms with E-state index in [4.69, 9.17) is 28.4 Å². The van der Waals surface area contributed by atoms with Gasteiger partial charge in [0.15, 0.2) is 17.3 Å². The second-order valence-corrected chi connectivity index (χ2v) is 11.1. The molecule has 0 radical (unpaired) electrons. The minimum absolute atomic E-state index is 0.0198. The predicted octanol–water partition coefficient (Wildman–Crippen LogP) is 5.65. The van der Waals surface area contributed by atoms with Crippen LogP contribution in [-0.2, 0) is 25.6 Å². The first-order chi connectivity index (χ1) is 19.1. The van der Waals surface area contributed by atoms with Crippen LogP contribution in [0, 0.1) is 17.8 Å². The lowest BCUT2D eigenvalue weighted by molar-refractivity contribution is -0.316. The quantitative estimate of drug-likeness (QED) is 0.286. The second kappa shape index (κ2) is 13.2. The molecule has 2 aliphatic heterocycles. The summed E-state index contributed by atoms with van der Waals surface area (Å²) in [5.74, 6) is 6.35. The van der Waals surface area contributed by atoms with Crippen molar-refractivity contribution in [3.05, 3.63) is 72.8 Å². The summed E-state index contributed by atoms with van der Waals surface area (Å²) in [5.41, 5.74) is 1.03. The van der Waals surface area contributed by atoms with Gasteiger partial charge >= 0.3 is 0 Å². The number of hydrogen-bond acceptors (Lipinski definition) is 7. The summed E-state index contributed by atoms with van der Waals surface area (Å²) in [7, 11) is 1.58. The number of aliphatic hydroxyl groups excluding tert-OH is 1. The van der Waals surface area contributed by atoms with Crippen LogP contribution >= 0.6 is 0 Å². The summed E-state index contributed by atoms with van der Waals surface area (Å²) in [6, 6.07) is 17.5. The number of ether oxygens (including phenoxy) is 6. The van der Waals surface area contributed by atoms with Gasteiger partial charge in [0, 0.05) is 26.4 Å². The molecule has 0 spiro atoms. The molecule has 7 heteroatoms. The van der Waals surface area contributed by atoms with E-state index in [-0.39, 0.29) is 18.1 Å². The van der Waals surface area contributed by atoms with E-state index in [2.05, 4.69) is 25.3 Å². The molecule has 2 aromatic carbocycles. The van der Waals surface area contributed by atoms with E-state index in [1.165, 1.54) is 0 Å². The molecule has 0 saturated carbocycles.